The van der Waals surface area contributed by atoms with Gasteiger partial charge in [-0.25, -0.2) is 4.98 Å². The molecule has 0 amide bonds. The number of ether oxygens (including phenoxy) is 2. The molecule has 0 aliphatic heterocycles. The van der Waals surface area contributed by atoms with Crippen LogP contribution >= 0.6 is 0 Å². The second kappa shape index (κ2) is 9.29. The summed E-state index contributed by atoms with van der Waals surface area (Å²) in [4.78, 5) is 4.37. The average molecular weight is 426 g/mol. The van der Waals surface area contributed by atoms with Crippen LogP contribution in [0, 0.1) is 12.3 Å². The molecule has 1 aliphatic rings. The van der Waals surface area contributed by atoms with Gasteiger partial charge in [-0.1, -0.05) is 30.3 Å². The van der Waals surface area contributed by atoms with Crippen molar-refractivity contribution in [2.75, 3.05) is 6.61 Å². The summed E-state index contributed by atoms with van der Waals surface area (Å²) >= 11 is 0. The number of aromatic nitrogens is 1. The van der Waals surface area contributed by atoms with Crippen molar-refractivity contribution in [3.8, 4) is 5.88 Å². The molecule has 1 aliphatic carbocycles. The lowest BCUT2D eigenvalue weighted by molar-refractivity contribution is -0.158. The van der Waals surface area contributed by atoms with Crippen LogP contribution in [-0.4, -0.2) is 46.8 Å². The Labute approximate surface area is 185 Å². The monoisotopic (exact) mass is 426 g/mol. The molecular weight excluding hydrogens is 393 g/mol. The van der Waals surface area contributed by atoms with Gasteiger partial charge >= 0.3 is 7.48 Å². The Morgan fingerprint density at radius 2 is 1.84 bits per heavy atom. The molecular formula is C24H33BNO5. The fourth-order valence-corrected chi connectivity index (χ4v) is 2.87. The van der Waals surface area contributed by atoms with E-state index in [-0.39, 0.29) is 5.41 Å². The molecule has 7 heteroatoms. The first kappa shape index (κ1) is 23.7. The molecule has 31 heavy (non-hydrogen) atoms. The van der Waals surface area contributed by atoms with Gasteiger partial charge in [0.25, 0.3) is 0 Å². The topological polar surface area (TPSA) is 81.0 Å². The van der Waals surface area contributed by atoms with Crippen molar-refractivity contribution in [1.82, 2.24) is 4.98 Å². The minimum Gasteiger partial charge on any atom is -0.477 e. The van der Waals surface area contributed by atoms with Gasteiger partial charge in [0.05, 0.1) is 23.2 Å². The smallest absolute Gasteiger partial charge is 0.332 e. The highest BCUT2D eigenvalue weighted by atomic mass is 16.6. The van der Waals surface area contributed by atoms with Gasteiger partial charge in [0.15, 0.2) is 6.29 Å². The Bertz CT molecular complexity index is 862. The van der Waals surface area contributed by atoms with Crippen LogP contribution in [0.3, 0.4) is 0 Å². The van der Waals surface area contributed by atoms with E-state index in [9.17, 15) is 10.2 Å². The van der Waals surface area contributed by atoms with Gasteiger partial charge in [-0.3, -0.25) is 0 Å². The van der Waals surface area contributed by atoms with Crippen molar-refractivity contribution in [3.05, 3.63) is 53.7 Å². The molecule has 1 saturated carbocycles. The molecule has 1 unspecified atom stereocenters. The van der Waals surface area contributed by atoms with Crippen LogP contribution in [0.15, 0.2) is 42.6 Å². The summed E-state index contributed by atoms with van der Waals surface area (Å²) in [7, 11) is 1.62. The van der Waals surface area contributed by atoms with Gasteiger partial charge in [-0.2, -0.15) is 0 Å². The van der Waals surface area contributed by atoms with E-state index in [1.165, 1.54) is 0 Å². The first-order chi connectivity index (χ1) is 14.5. The molecule has 1 fully saturated rings. The molecule has 0 saturated heterocycles. The molecule has 6 nitrogen and oxygen atoms in total. The first-order valence-corrected chi connectivity index (χ1v) is 10.7. The Hall–Kier alpha value is -1.93. The zero-order chi connectivity index (χ0) is 22.7. The summed E-state index contributed by atoms with van der Waals surface area (Å²) < 4.78 is 17.4. The van der Waals surface area contributed by atoms with Gasteiger partial charge in [0.2, 0.25) is 5.88 Å². The molecule has 1 aromatic heterocycles. The summed E-state index contributed by atoms with van der Waals surface area (Å²) in [6.07, 6.45) is 2.52. The number of rotatable bonds is 11. The van der Waals surface area contributed by atoms with Gasteiger partial charge in [-0.15, -0.1) is 0 Å². The number of aryl methyl sites for hydroxylation is 1. The lowest BCUT2D eigenvalue weighted by atomic mass is 9.81. The number of benzene rings is 1. The lowest BCUT2D eigenvalue weighted by Crippen LogP contribution is -2.49. The number of nitrogens with zero attached hydrogens (tertiary/aromatic N) is 1. The van der Waals surface area contributed by atoms with Gasteiger partial charge in [0, 0.05) is 12.3 Å². The van der Waals surface area contributed by atoms with Crippen LogP contribution in [0.2, 0.25) is 0 Å². The second-order valence-corrected chi connectivity index (χ2v) is 9.48. The van der Waals surface area contributed by atoms with Gasteiger partial charge in [-0.05, 0) is 64.1 Å². The van der Waals surface area contributed by atoms with Crippen molar-refractivity contribution in [2.45, 2.75) is 71.6 Å². The third kappa shape index (κ3) is 6.07. The maximum absolute atomic E-state index is 10.5. The highest BCUT2D eigenvalue weighted by Crippen LogP contribution is 2.49. The SMILES string of the molecule is Cc1cc(OCC2(C(O)OCc3ccccc3)CC2)ncc1[B]OC(C)(C)C(C)(C)O. The largest absolute Gasteiger partial charge is 0.477 e. The molecule has 2 aromatic rings. The lowest BCUT2D eigenvalue weighted by Gasteiger charge is -2.37. The molecule has 0 bridgehead atoms. The fourth-order valence-electron chi connectivity index (χ4n) is 2.87. The normalized spacial score (nSPS) is 16.6. The summed E-state index contributed by atoms with van der Waals surface area (Å²) in [5.74, 6) is 0.498. The number of aliphatic hydroxyl groups is 2. The highest BCUT2D eigenvalue weighted by Gasteiger charge is 2.51. The Balaban J connectivity index is 1.52. The minimum atomic E-state index is -0.990. The van der Waals surface area contributed by atoms with Crippen molar-refractivity contribution < 1.29 is 24.3 Å². The van der Waals surface area contributed by atoms with E-state index in [4.69, 9.17) is 14.1 Å². The number of pyridine rings is 1. The molecule has 1 heterocycles. The number of hydrogen-bond donors (Lipinski definition) is 2. The summed E-state index contributed by atoms with van der Waals surface area (Å²) in [6.45, 7) is 9.77. The van der Waals surface area contributed by atoms with E-state index in [2.05, 4.69) is 4.98 Å². The van der Waals surface area contributed by atoms with E-state index in [1.807, 2.05) is 57.2 Å². The molecule has 0 spiro atoms. The summed E-state index contributed by atoms with van der Waals surface area (Å²) in [5.41, 5.74) is 0.671. The van der Waals surface area contributed by atoms with Gasteiger partial charge < -0.3 is 24.3 Å². The standard InChI is InChI=1S/C24H33BNO5/c1-17-13-20(26-14-19(17)25-31-23(4,5)22(2,3)28)30-16-24(11-12-24)21(27)29-15-18-9-7-6-8-10-18/h6-10,13-14,21,27-28H,11-12,15-16H2,1-5H3. The number of hydrogen-bond acceptors (Lipinski definition) is 6. The predicted octanol–water partition coefficient (Wildman–Crippen LogP) is 2.89. The quantitative estimate of drug-likeness (QED) is 0.425. The Kier molecular flexibility index (Phi) is 7.11. The molecule has 1 radical (unpaired) electrons. The van der Waals surface area contributed by atoms with E-state index >= 15 is 0 Å². The van der Waals surface area contributed by atoms with Crippen LogP contribution in [0.4, 0.5) is 0 Å². The average Bonchev–Trinajstić information content (AvgIpc) is 3.51. The third-order valence-electron chi connectivity index (χ3n) is 6.25. The second-order valence-electron chi connectivity index (χ2n) is 9.48. The maximum atomic E-state index is 10.5. The van der Waals surface area contributed by atoms with Crippen LogP contribution in [-0.2, 0) is 16.0 Å². The van der Waals surface area contributed by atoms with E-state index in [1.54, 1.807) is 27.5 Å². The predicted molar refractivity (Wildman–Crippen MR) is 120 cm³/mol. The van der Waals surface area contributed by atoms with Crippen molar-refractivity contribution >= 4 is 12.9 Å². The highest BCUT2D eigenvalue weighted by molar-refractivity contribution is 6.47. The summed E-state index contributed by atoms with van der Waals surface area (Å²) in [5, 5.41) is 20.8. The molecule has 167 valence electrons. The molecule has 3 rings (SSSR count). The maximum Gasteiger partial charge on any atom is 0.332 e. The number of aliphatic hydroxyl groups excluding tert-OH is 1. The van der Waals surface area contributed by atoms with Crippen LogP contribution in [0.25, 0.3) is 0 Å². The van der Waals surface area contributed by atoms with Crippen LogP contribution in [0.5, 0.6) is 5.88 Å². The zero-order valence-electron chi connectivity index (χ0n) is 19.1. The van der Waals surface area contributed by atoms with Gasteiger partial charge in [0.1, 0.15) is 6.61 Å². The third-order valence-corrected chi connectivity index (χ3v) is 6.25. The van der Waals surface area contributed by atoms with E-state index in [0.29, 0.717) is 19.1 Å². The fraction of sp³-hybridized carbons (Fsp3) is 0.542. The van der Waals surface area contributed by atoms with E-state index in [0.717, 1.165) is 29.4 Å². The first-order valence-electron chi connectivity index (χ1n) is 10.7. The Morgan fingerprint density at radius 3 is 2.42 bits per heavy atom. The van der Waals surface area contributed by atoms with E-state index < -0.39 is 17.5 Å². The van der Waals surface area contributed by atoms with Crippen LogP contribution in [0.1, 0.15) is 51.7 Å². The van der Waals surface area contributed by atoms with Crippen molar-refractivity contribution in [2.24, 2.45) is 5.41 Å². The molecule has 1 atom stereocenters. The van der Waals surface area contributed by atoms with Crippen molar-refractivity contribution in [3.63, 3.8) is 0 Å². The zero-order valence-corrected chi connectivity index (χ0v) is 19.1. The molecule has 2 N–H and O–H groups in total. The molecule has 1 aromatic carbocycles. The van der Waals surface area contributed by atoms with Crippen LogP contribution < -0.4 is 10.2 Å². The minimum absolute atomic E-state index is 0.348. The van der Waals surface area contributed by atoms with Crippen molar-refractivity contribution in [1.29, 1.82) is 0 Å². The Morgan fingerprint density at radius 1 is 1.16 bits per heavy atom. The summed E-state index contributed by atoms with van der Waals surface area (Å²) in [6, 6.07) is 11.6.